The third-order valence-corrected chi connectivity index (χ3v) is 5.01. The van der Waals surface area contributed by atoms with Gasteiger partial charge in [0.2, 0.25) is 0 Å². The molecule has 1 aromatic heterocycles. The fourth-order valence-corrected chi connectivity index (χ4v) is 3.18. The monoisotopic (exact) mass is 380 g/mol. The second kappa shape index (κ2) is 8.31. The Hall–Kier alpha value is -2.12. The lowest BCUT2D eigenvalue weighted by atomic mass is 10.1. The lowest BCUT2D eigenvalue weighted by Gasteiger charge is -2.22. The zero-order valence-electron chi connectivity index (χ0n) is 14.7. The second-order valence-electron chi connectivity index (χ2n) is 5.87. The van der Waals surface area contributed by atoms with E-state index >= 15 is 0 Å². The molecule has 0 saturated carbocycles. The first kappa shape index (κ1) is 19.2. The molecule has 2 rings (SSSR count). The van der Waals surface area contributed by atoms with Crippen molar-refractivity contribution in [1.82, 2.24) is 14.8 Å². The molecule has 134 valence electrons. The summed E-state index contributed by atoms with van der Waals surface area (Å²) in [5.41, 5.74) is 3.12. The first-order valence-electron chi connectivity index (χ1n) is 7.68. The van der Waals surface area contributed by atoms with E-state index in [2.05, 4.69) is 4.98 Å². The number of rotatable bonds is 6. The number of nitrogens with zero attached hydrogens (tertiary/aromatic N) is 4. The average molecular weight is 381 g/mol. The lowest BCUT2D eigenvalue weighted by Crippen LogP contribution is -2.37. The van der Waals surface area contributed by atoms with Crippen LogP contribution in [0.5, 0.6) is 0 Å². The van der Waals surface area contributed by atoms with E-state index in [-0.39, 0.29) is 17.0 Å². The fourth-order valence-electron chi connectivity index (χ4n) is 2.19. The molecular weight excluding hydrogens is 360 g/mol. The molecule has 0 aliphatic carbocycles. The van der Waals surface area contributed by atoms with E-state index in [0.717, 1.165) is 5.69 Å². The van der Waals surface area contributed by atoms with Crippen molar-refractivity contribution >= 4 is 40.4 Å². The van der Waals surface area contributed by atoms with Crippen molar-refractivity contribution in [2.75, 3.05) is 46.2 Å². The van der Waals surface area contributed by atoms with Crippen molar-refractivity contribution in [3.8, 4) is 0 Å². The molecule has 1 aromatic carbocycles. The van der Waals surface area contributed by atoms with Crippen LogP contribution >= 0.6 is 22.9 Å². The molecule has 0 N–H and O–H groups in total. The van der Waals surface area contributed by atoms with Crippen molar-refractivity contribution in [2.24, 2.45) is 0 Å². The highest BCUT2D eigenvalue weighted by molar-refractivity contribution is 7.12. The van der Waals surface area contributed by atoms with E-state index in [1.807, 2.05) is 37.2 Å². The molecule has 8 heteroatoms. The summed E-state index contributed by atoms with van der Waals surface area (Å²) in [7, 11) is 7.27. The van der Waals surface area contributed by atoms with E-state index in [4.69, 9.17) is 11.6 Å². The summed E-state index contributed by atoms with van der Waals surface area (Å²) in [6.07, 6.45) is 0. The van der Waals surface area contributed by atoms with Crippen LogP contribution in [-0.4, -0.2) is 67.9 Å². The van der Waals surface area contributed by atoms with Crippen LogP contribution < -0.4 is 4.90 Å². The fraction of sp³-hybridized carbons (Fsp3) is 0.353. The highest BCUT2D eigenvalue weighted by Crippen LogP contribution is 2.20. The summed E-state index contributed by atoms with van der Waals surface area (Å²) in [5.74, 6) is -0.275. The molecule has 0 aliphatic heterocycles. The smallest absolute Gasteiger partial charge is 0.266 e. The maximum Gasteiger partial charge on any atom is 0.266 e. The molecule has 25 heavy (non-hydrogen) atoms. The highest BCUT2D eigenvalue weighted by Gasteiger charge is 2.19. The summed E-state index contributed by atoms with van der Waals surface area (Å²) in [4.78, 5) is 34.2. The Labute approximate surface area is 156 Å². The number of carbonyl (C=O) groups is 2. The van der Waals surface area contributed by atoms with E-state index in [0.29, 0.717) is 23.5 Å². The van der Waals surface area contributed by atoms with Crippen molar-refractivity contribution in [1.29, 1.82) is 0 Å². The van der Waals surface area contributed by atoms with Gasteiger partial charge in [-0.15, -0.1) is 11.3 Å². The SMILES string of the molecule is CN(CCN(C)C(=O)c1scnc1Cl)C(=O)c1cccc(N(C)C)c1. The number of amides is 2. The molecule has 0 aliphatic rings. The highest BCUT2D eigenvalue weighted by atomic mass is 35.5. The van der Waals surface area contributed by atoms with Crippen molar-refractivity contribution in [3.05, 3.63) is 45.4 Å². The number of carbonyl (C=O) groups excluding carboxylic acids is 2. The number of anilines is 1. The van der Waals surface area contributed by atoms with Gasteiger partial charge in [-0.3, -0.25) is 9.59 Å². The Bertz CT molecular complexity index is 763. The Morgan fingerprint density at radius 1 is 1.08 bits per heavy atom. The molecule has 0 radical (unpaired) electrons. The molecular formula is C17H21ClN4O2S. The Kier molecular flexibility index (Phi) is 6.39. The first-order valence-corrected chi connectivity index (χ1v) is 8.94. The minimum absolute atomic E-state index is 0.0830. The van der Waals surface area contributed by atoms with Crippen LogP contribution in [-0.2, 0) is 0 Å². The number of aromatic nitrogens is 1. The van der Waals surface area contributed by atoms with E-state index in [1.165, 1.54) is 16.8 Å². The topological polar surface area (TPSA) is 56.8 Å². The van der Waals surface area contributed by atoms with Gasteiger partial charge in [-0.05, 0) is 18.2 Å². The predicted molar refractivity (Wildman–Crippen MR) is 102 cm³/mol. The lowest BCUT2D eigenvalue weighted by molar-refractivity contribution is 0.0721. The standard InChI is InChI=1S/C17H21ClN4O2S/c1-20(2)13-7-5-6-12(10-13)16(23)21(3)8-9-22(4)17(24)14-15(18)19-11-25-14/h5-7,10-11H,8-9H2,1-4H3. The van der Waals surface area contributed by atoms with Gasteiger partial charge in [0, 0.05) is 52.5 Å². The molecule has 6 nitrogen and oxygen atoms in total. The van der Waals surface area contributed by atoms with E-state index in [1.54, 1.807) is 30.0 Å². The van der Waals surface area contributed by atoms with Crippen LogP contribution in [0, 0.1) is 0 Å². The van der Waals surface area contributed by atoms with Crippen LogP contribution in [0.1, 0.15) is 20.0 Å². The number of hydrogen-bond acceptors (Lipinski definition) is 5. The molecule has 1 heterocycles. The summed E-state index contributed by atoms with van der Waals surface area (Å²) >= 11 is 7.10. The van der Waals surface area contributed by atoms with Crippen molar-refractivity contribution in [3.63, 3.8) is 0 Å². The maximum atomic E-state index is 12.6. The molecule has 2 aromatic rings. The molecule has 0 bridgehead atoms. The van der Waals surface area contributed by atoms with Crippen LogP contribution in [0.2, 0.25) is 5.15 Å². The molecule has 0 saturated heterocycles. The second-order valence-corrected chi connectivity index (χ2v) is 7.08. The quantitative estimate of drug-likeness (QED) is 0.773. The van der Waals surface area contributed by atoms with Gasteiger partial charge in [-0.25, -0.2) is 4.98 Å². The number of thiazole rings is 1. The third-order valence-electron chi connectivity index (χ3n) is 3.79. The van der Waals surface area contributed by atoms with Crippen molar-refractivity contribution < 1.29 is 9.59 Å². The summed E-state index contributed by atoms with van der Waals surface area (Å²) in [6, 6.07) is 7.45. The number of benzene rings is 1. The first-order chi connectivity index (χ1) is 11.8. The molecule has 0 unspecified atom stereocenters. The summed E-state index contributed by atoms with van der Waals surface area (Å²) < 4.78 is 0. The van der Waals surface area contributed by atoms with Gasteiger partial charge >= 0.3 is 0 Å². The number of halogens is 1. The van der Waals surface area contributed by atoms with Gasteiger partial charge in [-0.2, -0.15) is 0 Å². The zero-order chi connectivity index (χ0) is 18.6. The maximum absolute atomic E-state index is 12.6. The van der Waals surface area contributed by atoms with Gasteiger partial charge < -0.3 is 14.7 Å². The molecule has 2 amide bonds. The normalized spacial score (nSPS) is 10.4. The third kappa shape index (κ3) is 4.70. The average Bonchev–Trinajstić information content (AvgIpc) is 3.03. The van der Waals surface area contributed by atoms with Crippen molar-refractivity contribution in [2.45, 2.75) is 0 Å². The Balaban J connectivity index is 1.96. The van der Waals surface area contributed by atoms with Gasteiger partial charge in [0.05, 0.1) is 5.51 Å². The summed E-state index contributed by atoms with van der Waals surface area (Å²) in [6.45, 7) is 0.826. The summed E-state index contributed by atoms with van der Waals surface area (Å²) in [5, 5.41) is 0.215. The predicted octanol–water partition coefficient (Wildman–Crippen LogP) is 2.71. The van der Waals surface area contributed by atoms with E-state index in [9.17, 15) is 9.59 Å². The van der Waals surface area contributed by atoms with Gasteiger partial charge in [-0.1, -0.05) is 17.7 Å². The number of likely N-dealkylation sites (N-methyl/N-ethyl adjacent to an activating group) is 2. The Morgan fingerprint density at radius 2 is 1.72 bits per heavy atom. The minimum Gasteiger partial charge on any atom is -0.378 e. The van der Waals surface area contributed by atoms with Crippen LogP contribution in [0.4, 0.5) is 5.69 Å². The van der Waals surface area contributed by atoms with Crippen LogP contribution in [0.25, 0.3) is 0 Å². The van der Waals surface area contributed by atoms with Gasteiger partial charge in [0.15, 0.2) is 5.15 Å². The molecule has 0 fully saturated rings. The van der Waals surface area contributed by atoms with Crippen LogP contribution in [0.15, 0.2) is 29.8 Å². The minimum atomic E-state index is -0.192. The molecule has 0 spiro atoms. The largest absolute Gasteiger partial charge is 0.378 e. The molecule has 0 atom stereocenters. The van der Waals surface area contributed by atoms with E-state index < -0.39 is 0 Å². The number of hydrogen-bond donors (Lipinski definition) is 0. The Morgan fingerprint density at radius 3 is 2.28 bits per heavy atom. The van der Waals surface area contributed by atoms with Gasteiger partial charge in [0.1, 0.15) is 4.88 Å². The van der Waals surface area contributed by atoms with Crippen LogP contribution in [0.3, 0.4) is 0 Å². The zero-order valence-corrected chi connectivity index (χ0v) is 16.3. The van der Waals surface area contributed by atoms with Gasteiger partial charge in [0.25, 0.3) is 11.8 Å².